The Morgan fingerprint density at radius 2 is 1.71 bits per heavy atom. The zero-order chi connectivity index (χ0) is 16.3. The average molecular weight is 294 g/mol. The standard InChI is InChI=1S/C17H27FN2O/c1-16(2,3)15(12-6-8-13(18)9-7-12)20-14(21)10-11-17(4,5)19/h6-9,15H,10-11,19H2,1-5H3,(H,20,21). The summed E-state index contributed by atoms with van der Waals surface area (Å²) >= 11 is 0. The van der Waals surface area contributed by atoms with E-state index in [-0.39, 0.29) is 28.7 Å². The van der Waals surface area contributed by atoms with E-state index in [2.05, 4.69) is 5.32 Å². The van der Waals surface area contributed by atoms with Crippen LogP contribution < -0.4 is 11.1 Å². The van der Waals surface area contributed by atoms with Crippen molar-refractivity contribution in [2.75, 3.05) is 0 Å². The number of amides is 1. The van der Waals surface area contributed by atoms with Gasteiger partial charge in [0.1, 0.15) is 5.82 Å². The normalized spacial score (nSPS) is 13.9. The first-order valence-electron chi connectivity index (χ1n) is 7.33. The molecule has 0 saturated heterocycles. The van der Waals surface area contributed by atoms with E-state index in [9.17, 15) is 9.18 Å². The Hall–Kier alpha value is -1.42. The van der Waals surface area contributed by atoms with Crippen LogP contribution in [0.2, 0.25) is 0 Å². The summed E-state index contributed by atoms with van der Waals surface area (Å²) in [5.41, 5.74) is 6.30. The fourth-order valence-corrected chi connectivity index (χ4v) is 2.12. The first-order chi connectivity index (χ1) is 9.49. The number of carbonyl (C=O) groups excluding carboxylic acids is 1. The fourth-order valence-electron chi connectivity index (χ4n) is 2.12. The van der Waals surface area contributed by atoms with E-state index in [1.165, 1.54) is 12.1 Å². The lowest BCUT2D eigenvalue weighted by molar-refractivity contribution is -0.123. The summed E-state index contributed by atoms with van der Waals surface area (Å²) in [6, 6.07) is 6.12. The highest BCUT2D eigenvalue weighted by atomic mass is 19.1. The third kappa shape index (κ3) is 6.25. The molecule has 1 aromatic carbocycles. The second-order valence-electron chi connectivity index (χ2n) is 7.41. The van der Waals surface area contributed by atoms with Gasteiger partial charge < -0.3 is 11.1 Å². The predicted molar refractivity (Wildman–Crippen MR) is 84.2 cm³/mol. The van der Waals surface area contributed by atoms with Crippen LogP contribution in [0, 0.1) is 11.2 Å². The maximum absolute atomic E-state index is 13.1. The van der Waals surface area contributed by atoms with E-state index in [1.807, 2.05) is 34.6 Å². The van der Waals surface area contributed by atoms with Gasteiger partial charge in [-0.3, -0.25) is 4.79 Å². The number of hydrogen-bond acceptors (Lipinski definition) is 2. The highest BCUT2D eigenvalue weighted by Crippen LogP contribution is 2.33. The number of nitrogens with one attached hydrogen (secondary N) is 1. The van der Waals surface area contributed by atoms with Crippen molar-refractivity contribution in [3.05, 3.63) is 35.6 Å². The molecule has 1 amide bonds. The molecular formula is C17H27FN2O. The molecule has 3 N–H and O–H groups in total. The van der Waals surface area contributed by atoms with Crippen LogP contribution in [0.1, 0.15) is 59.1 Å². The molecule has 0 aromatic heterocycles. The molecule has 0 spiro atoms. The van der Waals surface area contributed by atoms with Crippen molar-refractivity contribution in [2.45, 2.75) is 59.0 Å². The molecular weight excluding hydrogens is 267 g/mol. The summed E-state index contributed by atoms with van der Waals surface area (Å²) in [5, 5.41) is 3.05. The van der Waals surface area contributed by atoms with Crippen molar-refractivity contribution in [1.82, 2.24) is 5.32 Å². The van der Waals surface area contributed by atoms with Gasteiger partial charge in [0.05, 0.1) is 6.04 Å². The smallest absolute Gasteiger partial charge is 0.220 e. The first-order valence-corrected chi connectivity index (χ1v) is 7.33. The van der Waals surface area contributed by atoms with Crippen LogP contribution in [0.5, 0.6) is 0 Å². The van der Waals surface area contributed by atoms with Crippen LogP contribution in [-0.4, -0.2) is 11.4 Å². The van der Waals surface area contributed by atoms with Gasteiger partial charge >= 0.3 is 0 Å². The minimum Gasteiger partial charge on any atom is -0.349 e. The summed E-state index contributed by atoms with van der Waals surface area (Å²) in [6.07, 6.45) is 1.01. The predicted octanol–water partition coefficient (Wildman–Crippen LogP) is 3.55. The zero-order valence-corrected chi connectivity index (χ0v) is 13.7. The summed E-state index contributed by atoms with van der Waals surface area (Å²) in [4.78, 5) is 12.1. The Morgan fingerprint density at radius 3 is 2.14 bits per heavy atom. The monoisotopic (exact) mass is 294 g/mol. The minimum absolute atomic E-state index is 0.0298. The van der Waals surface area contributed by atoms with E-state index in [1.54, 1.807) is 12.1 Å². The van der Waals surface area contributed by atoms with Crippen molar-refractivity contribution in [2.24, 2.45) is 11.1 Å². The molecule has 0 bridgehead atoms. The molecule has 0 radical (unpaired) electrons. The lowest BCUT2D eigenvalue weighted by Gasteiger charge is -2.32. The van der Waals surface area contributed by atoms with Gasteiger partial charge in [-0.2, -0.15) is 0 Å². The molecule has 1 atom stereocenters. The molecule has 1 rings (SSSR count). The van der Waals surface area contributed by atoms with Gasteiger partial charge in [-0.1, -0.05) is 32.9 Å². The topological polar surface area (TPSA) is 55.1 Å². The molecule has 0 aliphatic heterocycles. The molecule has 0 aliphatic carbocycles. The highest BCUT2D eigenvalue weighted by Gasteiger charge is 2.28. The Kier molecular flexibility index (Phi) is 5.51. The Balaban J connectivity index is 2.81. The van der Waals surface area contributed by atoms with Crippen molar-refractivity contribution in [3.63, 3.8) is 0 Å². The van der Waals surface area contributed by atoms with E-state index in [4.69, 9.17) is 5.73 Å². The minimum atomic E-state index is -0.357. The summed E-state index contributed by atoms with van der Waals surface area (Å²) in [7, 11) is 0. The van der Waals surface area contributed by atoms with Crippen LogP contribution in [0.4, 0.5) is 4.39 Å². The molecule has 0 aliphatic rings. The Morgan fingerprint density at radius 1 is 1.19 bits per heavy atom. The van der Waals surface area contributed by atoms with Gasteiger partial charge in [0.15, 0.2) is 0 Å². The van der Waals surface area contributed by atoms with Crippen LogP contribution in [0.3, 0.4) is 0 Å². The molecule has 0 saturated carbocycles. The lowest BCUT2D eigenvalue weighted by Crippen LogP contribution is -2.39. The van der Waals surface area contributed by atoms with Crippen molar-refractivity contribution in [1.29, 1.82) is 0 Å². The number of halogens is 1. The number of rotatable bonds is 5. The quantitative estimate of drug-likeness (QED) is 0.872. The SMILES string of the molecule is CC(C)(N)CCC(=O)NC(c1ccc(F)cc1)C(C)(C)C. The maximum Gasteiger partial charge on any atom is 0.220 e. The van der Waals surface area contributed by atoms with E-state index in [0.717, 1.165) is 5.56 Å². The van der Waals surface area contributed by atoms with Gasteiger partial charge in [-0.05, 0) is 43.4 Å². The van der Waals surface area contributed by atoms with Crippen molar-refractivity contribution in [3.8, 4) is 0 Å². The second kappa shape index (κ2) is 6.56. The van der Waals surface area contributed by atoms with E-state index >= 15 is 0 Å². The van der Waals surface area contributed by atoms with Gasteiger partial charge in [-0.25, -0.2) is 4.39 Å². The summed E-state index contributed by atoms with van der Waals surface area (Å²) in [5.74, 6) is -0.305. The zero-order valence-electron chi connectivity index (χ0n) is 13.7. The number of hydrogen-bond donors (Lipinski definition) is 2. The van der Waals surface area contributed by atoms with Crippen LogP contribution in [0.15, 0.2) is 24.3 Å². The van der Waals surface area contributed by atoms with Crippen LogP contribution >= 0.6 is 0 Å². The molecule has 118 valence electrons. The third-order valence-electron chi connectivity index (χ3n) is 3.37. The summed E-state index contributed by atoms with van der Waals surface area (Å²) < 4.78 is 13.1. The number of benzene rings is 1. The number of nitrogens with two attached hydrogens (primary N) is 1. The largest absolute Gasteiger partial charge is 0.349 e. The van der Waals surface area contributed by atoms with E-state index in [0.29, 0.717) is 12.8 Å². The lowest BCUT2D eigenvalue weighted by atomic mass is 9.82. The Labute approximate surface area is 127 Å². The summed E-state index contributed by atoms with van der Waals surface area (Å²) in [6.45, 7) is 9.96. The molecule has 0 heterocycles. The molecule has 1 unspecified atom stereocenters. The fraction of sp³-hybridized carbons (Fsp3) is 0.588. The van der Waals surface area contributed by atoms with Crippen LogP contribution in [0.25, 0.3) is 0 Å². The van der Waals surface area contributed by atoms with E-state index < -0.39 is 0 Å². The molecule has 0 fully saturated rings. The second-order valence-corrected chi connectivity index (χ2v) is 7.41. The first kappa shape index (κ1) is 17.6. The molecule has 4 heteroatoms. The third-order valence-corrected chi connectivity index (χ3v) is 3.37. The maximum atomic E-state index is 13.1. The Bertz CT molecular complexity index is 469. The molecule has 21 heavy (non-hydrogen) atoms. The highest BCUT2D eigenvalue weighted by molar-refractivity contribution is 5.76. The van der Waals surface area contributed by atoms with Crippen molar-refractivity contribution < 1.29 is 9.18 Å². The van der Waals surface area contributed by atoms with Gasteiger partial charge in [0.25, 0.3) is 0 Å². The molecule has 1 aromatic rings. The molecule has 3 nitrogen and oxygen atoms in total. The average Bonchev–Trinajstić information content (AvgIpc) is 2.32. The van der Waals surface area contributed by atoms with Gasteiger partial charge in [0.2, 0.25) is 5.91 Å². The van der Waals surface area contributed by atoms with Crippen LogP contribution in [-0.2, 0) is 4.79 Å². The van der Waals surface area contributed by atoms with Gasteiger partial charge in [-0.15, -0.1) is 0 Å². The van der Waals surface area contributed by atoms with Crippen molar-refractivity contribution >= 4 is 5.91 Å². The van der Waals surface area contributed by atoms with Gasteiger partial charge in [0, 0.05) is 12.0 Å². The number of carbonyl (C=O) groups is 1.